The molecule has 0 spiro atoms. The number of thiol groups is 1. The predicted molar refractivity (Wildman–Crippen MR) is 67.4 cm³/mol. The summed E-state index contributed by atoms with van der Waals surface area (Å²) in [5.74, 6) is 0. The average Bonchev–Trinajstić information content (AvgIpc) is 2.63. The lowest BCUT2D eigenvalue weighted by Crippen LogP contribution is -2.24. The first-order valence-corrected chi connectivity index (χ1v) is 6.85. The van der Waals surface area contributed by atoms with Crippen LogP contribution in [0.3, 0.4) is 0 Å². The van der Waals surface area contributed by atoms with Gasteiger partial charge >= 0.3 is 6.18 Å². The lowest BCUT2D eigenvalue weighted by atomic mass is 10.1. The molecular weight excluding hydrogens is 291 g/mol. The standard InChI is InChI=1S/C12H10F3N3OS/c1-11(2)10(19)20(18-17-11)8-4-3-7(6-16)9(5-8)12(13,14)15/h3-5,20H,1-2H3. The Labute approximate surface area is 115 Å². The van der Waals surface area contributed by atoms with Gasteiger partial charge in [-0.05, 0) is 43.1 Å². The number of rotatable bonds is 1. The van der Waals surface area contributed by atoms with Gasteiger partial charge in [-0.2, -0.15) is 23.5 Å². The monoisotopic (exact) mass is 301 g/mol. The molecule has 0 amide bonds. The van der Waals surface area contributed by atoms with Crippen LogP contribution >= 0.6 is 11.1 Å². The van der Waals surface area contributed by atoms with Gasteiger partial charge in [-0.3, -0.25) is 4.79 Å². The van der Waals surface area contributed by atoms with E-state index in [0.29, 0.717) is 0 Å². The summed E-state index contributed by atoms with van der Waals surface area (Å²) in [6.45, 7) is 3.13. The lowest BCUT2D eigenvalue weighted by Gasteiger charge is -2.16. The number of nitriles is 1. The van der Waals surface area contributed by atoms with Gasteiger partial charge in [0, 0.05) is 4.90 Å². The van der Waals surface area contributed by atoms with Crippen molar-refractivity contribution in [1.29, 1.82) is 5.26 Å². The van der Waals surface area contributed by atoms with Gasteiger partial charge in [0.05, 0.1) is 17.2 Å². The van der Waals surface area contributed by atoms with Gasteiger partial charge in [0.2, 0.25) is 5.12 Å². The van der Waals surface area contributed by atoms with Crippen LogP contribution in [0.5, 0.6) is 0 Å². The third-order valence-corrected chi connectivity index (χ3v) is 4.74. The highest BCUT2D eigenvalue weighted by Crippen LogP contribution is 2.49. The molecule has 1 aliphatic heterocycles. The van der Waals surface area contributed by atoms with Gasteiger partial charge in [-0.25, -0.2) is 0 Å². The molecule has 0 saturated heterocycles. The zero-order valence-corrected chi connectivity index (χ0v) is 11.5. The van der Waals surface area contributed by atoms with Gasteiger partial charge in [-0.15, -0.1) is 4.52 Å². The van der Waals surface area contributed by atoms with Crippen LogP contribution in [-0.2, 0) is 11.0 Å². The fraction of sp³-hybridized carbons (Fsp3) is 0.333. The summed E-state index contributed by atoms with van der Waals surface area (Å²) < 4.78 is 42.4. The summed E-state index contributed by atoms with van der Waals surface area (Å²) in [6, 6.07) is 4.71. The van der Waals surface area contributed by atoms with E-state index >= 15 is 0 Å². The molecule has 0 aliphatic carbocycles. The van der Waals surface area contributed by atoms with Crippen LogP contribution in [0, 0.1) is 11.3 Å². The smallest absolute Gasteiger partial charge is 0.284 e. The minimum Gasteiger partial charge on any atom is -0.284 e. The summed E-state index contributed by atoms with van der Waals surface area (Å²) >= 11 is -1.76. The van der Waals surface area contributed by atoms with E-state index < -0.39 is 33.9 Å². The summed E-state index contributed by atoms with van der Waals surface area (Å²) in [6.07, 6.45) is -4.65. The SMILES string of the molecule is CC1(C)N=N[SH](c2ccc(C#N)c(C(F)(F)F)c2)C1=O. The van der Waals surface area contributed by atoms with Crippen molar-refractivity contribution in [3.8, 4) is 6.07 Å². The Bertz CT molecular complexity index is 646. The maximum absolute atomic E-state index is 12.9. The molecule has 1 aromatic carbocycles. The minimum atomic E-state index is -4.65. The molecule has 0 saturated carbocycles. The van der Waals surface area contributed by atoms with Gasteiger partial charge in [0.15, 0.2) is 0 Å². The average molecular weight is 301 g/mol. The third-order valence-electron chi connectivity index (χ3n) is 2.77. The molecule has 1 aliphatic rings. The van der Waals surface area contributed by atoms with Crippen molar-refractivity contribution in [2.24, 2.45) is 9.63 Å². The summed E-state index contributed by atoms with van der Waals surface area (Å²) in [4.78, 5) is 12.2. The highest BCUT2D eigenvalue weighted by molar-refractivity contribution is 8.29. The van der Waals surface area contributed by atoms with Gasteiger partial charge in [0.1, 0.15) is 5.54 Å². The molecule has 2 rings (SSSR count). The Morgan fingerprint density at radius 1 is 1.35 bits per heavy atom. The molecule has 4 nitrogen and oxygen atoms in total. The molecular formula is C12H10F3N3OS. The number of halogens is 3. The second-order valence-corrected chi connectivity index (χ2v) is 6.43. The number of hydrogen-bond acceptors (Lipinski definition) is 4. The van der Waals surface area contributed by atoms with Crippen molar-refractivity contribution >= 4 is 16.2 Å². The highest BCUT2D eigenvalue weighted by Gasteiger charge is 2.40. The Balaban J connectivity index is 2.49. The van der Waals surface area contributed by atoms with Crippen LogP contribution in [0.2, 0.25) is 0 Å². The first-order chi connectivity index (χ1) is 9.16. The van der Waals surface area contributed by atoms with E-state index in [1.165, 1.54) is 12.1 Å². The van der Waals surface area contributed by atoms with E-state index in [1.54, 1.807) is 13.8 Å². The number of nitrogens with zero attached hydrogens (tertiary/aromatic N) is 3. The van der Waals surface area contributed by atoms with Gasteiger partial charge in [-0.1, -0.05) is 0 Å². The van der Waals surface area contributed by atoms with Crippen LogP contribution in [-0.4, -0.2) is 10.7 Å². The van der Waals surface area contributed by atoms with Crippen molar-refractivity contribution < 1.29 is 18.0 Å². The molecule has 1 unspecified atom stereocenters. The maximum Gasteiger partial charge on any atom is 0.417 e. The van der Waals surface area contributed by atoms with E-state index in [2.05, 4.69) is 9.63 Å². The molecule has 8 heteroatoms. The van der Waals surface area contributed by atoms with Crippen LogP contribution in [0.4, 0.5) is 13.2 Å². The number of alkyl halides is 3. The first-order valence-electron chi connectivity index (χ1n) is 5.55. The van der Waals surface area contributed by atoms with Crippen molar-refractivity contribution in [3.05, 3.63) is 29.3 Å². The number of hydrogen-bond donors (Lipinski definition) is 1. The van der Waals surface area contributed by atoms with E-state index in [0.717, 1.165) is 12.1 Å². The van der Waals surface area contributed by atoms with E-state index in [1.807, 2.05) is 0 Å². The minimum absolute atomic E-state index is 0.158. The normalized spacial score (nSPS) is 22.8. The van der Waals surface area contributed by atoms with Crippen LogP contribution in [0.15, 0.2) is 32.7 Å². The molecule has 20 heavy (non-hydrogen) atoms. The maximum atomic E-state index is 12.9. The van der Waals surface area contributed by atoms with E-state index in [-0.39, 0.29) is 10.0 Å². The fourth-order valence-electron chi connectivity index (χ4n) is 1.66. The van der Waals surface area contributed by atoms with Crippen molar-refractivity contribution in [2.45, 2.75) is 30.5 Å². The summed E-state index contributed by atoms with van der Waals surface area (Å²) in [5, 5.41) is 12.2. The van der Waals surface area contributed by atoms with Crippen LogP contribution in [0.1, 0.15) is 25.0 Å². The molecule has 0 fully saturated rings. The molecule has 1 aromatic rings. The number of carbonyl (C=O) groups excluding carboxylic acids is 1. The lowest BCUT2D eigenvalue weighted by molar-refractivity contribution is -0.138. The Morgan fingerprint density at radius 2 is 2.00 bits per heavy atom. The number of benzene rings is 1. The van der Waals surface area contributed by atoms with Crippen LogP contribution < -0.4 is 0 Å². The third kappa shape index (κ3) is 2.41. The molecule has 0 radical (unpaired) electrons. The second kappa shape index (κ2) is 4.59. The molecule has 1 atom stereocenters. The molecule has 1 heterocycles. The second-order valence-electron chi connectivity index (χ2n) is 4.70. The zero-order chi connectivity index (χ0) is 15.1. The van der Waals surface area contributed by atoms with E-state index in [9.17, 15) is 18.0 Å². The molecule has 0 aromatic heterocycles. The van der Waals surface area contributed by atoms with Gasteiger partial charge < -0.3 is 0 Å². The quantitative estimate of drug-likeness (QED) is 0.805. The Hall–Kier alpha value is -1.88. The fourth-order valence-corrected chi connectivity index (χ4v) is 3.43. The molecule has 0 N–H and O–H groups in total. The Kier molecular flexibility index (Phi) is 3.34. The predicted octanol–water partition coefficient (Wildman–Crippen LogP) is 3.62. The van der Waals surface area contributed by atoms with Crippen molar-refractivity contribution in [3.63, 3.8) is 0 Å². The highest BCUT2D eigenvalue weighted by atomic mass is 32.2. The molecule has 0 bridgehead atoms. The zero-order valence-electron chi connectivity index (χ0n) is 10.6. The molecule has 106 valence electrons. The van der Waals surface area contributed by atoms with Gasteiger partial charge in [0.25, 0.3) is 0 Å². The first kappa shape index (κ1) is 14.5. The van der Waals surface area contributed by atoms with E-state index in [4.69, 9.17) is 5.26 Å². The van der Waals surface area contributed by atoms with Crippen molar-refractivity contribution in [2.75, 3.05) is 0 Å². The largest absolute Gasteiger partial charge is 0.417 e. The summed E-state index contributed by atoms with van der Waals surface area (Å²) in [7, 11) is 0. The van der Waals surface area contributed by atoms with Crippen molar-refractivity contribution in [1.82, 2.24) is 0 Å². The van der Waals surface area contributed by atoms with Crippen LogP contribution in [0.25, 0.3) is 0 Å². The number of carbonyl (C=O) groups is 1. The Morgan fingerprint density at radius 3 is 2.45 bits per heavy atom. The summed E-state index contributed by atoms with van der Waals surface area (Å²) in [5.41, 5.74) is -2.52. The topological polar surface area (TPSA) is 65.6 Å².